The summed E-state index contributed by atoms with van der Waals surface area (Å²) in [5.74, 6) is -0.660. The summed E-state index contributed by atoms with van der Waals surface area (Å²) in [7, 11) is 3.07. The molecule has 4 heterocycles. The monoisotopic (exact) mass is 506 g/mol. The van der Waals surface area contributed by atoms with E-state index in [-0.39, 0.29) is 11.3 Å². The first kappa shape index (κ1) is 24.8. The number of imidazole rings is 1. The molecular formula is C27H30N4O6. The van der Waals surface area contributed by atoms with Gasteiger partial charge in [-0.25, -0.2) is 4.98 Å². The number of carbonyl (C=O) groups is 2. The van der Waals surface area contributed by atoms with Crippen molar-refractivity contribution in [3.05, 3.63) is 65.1 Å². The highest BCUT2D eigenvalue weighted by Crippen LogP contribution is 2.42. The topological polar surface area (TPSA) is 106 Å². The number of amides is 1. The molecule has 0 radical (unpaired) electrons. The lowest BCUT2D eigenvalue weighted by atomic mass is 9.96. The van der Waals surface area contributed by atoms with Crippen LogP contribution in [-0.4, -0.2) is 89.6 Å². The standard InChI is InChI=1S/C27H30N4O6/c1-17-23(30-9-5-4-6-21(30)28-17)25(32)22-24(18-7-8-19(35-2)20(16-18)36-3)31(27(34)26(22)33)11-10-29-12-14-37-15-13-29/h4-9,16,24,32H,10-15H2,1-3H3/b25-22+/t24-/m0/s1. The van der Waals surface area contributed by atoms with Crippen LogP contribution in [0.25, 0.3) is 11.4 Å². The summed E-state index contributed by atoms with van der Waals surface area (Å²) in [6, 6.07) is 9.93. The molecule has 194 valence electrons. The quantitative estimate of drug-likeness (QED) is 0.296. The molecular weight excluding hydrogens is 476 g/mol. The number of morpholine rings is 1. The number of hydrogen-bond donors (Lipinski definition) is 1. The summed E-state index contributed by atoms with van der Waals surface area (Å²) in [4.78, 5) is 35.1. The van der Waals surface area contributed by atoms with Crippen molar-refractivity contribution >= 4 is 23.1 Å². The molecule has 0 saturated carbocycles. The van der Waals surface area contributed by atoms with Crippen LogP contribution in [0.3, 0.4) is 0 Å². The molecule has 1 atom stereocenters. The van der Waals surface area contributed by atoms with Crippen LogP contribution in [-0.2, 0) is 14.3 Å². The van der Waals surface area contributed by atoms with Gasteiger partial charge < -0.3 is 24.2 Å². The number of nitrogens with zero attached hydrogens (tertiary/aromatic N) is 4. The Morgan fingerprint density at radius 1 is 1.08 bits per heavy atom. The maximum Gasteiger partial charge on any atom is 0.295 e. The molecule has 2 aliphatic heterocycles. The number of aliphatic hydroxyl groups excluding tert-OH is 1. The van der Waals surface area contributed by atoms with Gasteiger partial charge in [-0.2, -0.15) is 0 Å². The number of aliphatic hydroxyl groups is 1. The van der Waals surface area contributed by atoms with Gasteiger partial charge in [-0.05, 0) is 36.8 Å². The Morgan fingerprint density at radius 2 is 1.84 bits per heavy atom. The van der Waals surface area contributed by atoms with E-state index in [9.17, 15) is 14.7 Å². The van der Waals surface area contributed by atoms with E-state index in [0.29, 0.717) is 60.4 Å². The van der Waals surface area contributed by atoms with E-state index in [0.717, 1.165) is 13.1 Å². The number of aromatic nitrogens is 2. The third-order valence-electron chi connectivity index (χ3n) is 6.95. The molecule has 3 aromatic rings. The Labute approximate surface area is 214 Å². The van der Waals surface area contributed by atoms with Crippen LogP contribution < -0.4 is 9.47 Å². The van der Waals surface area contributed by atoms with Crippen LogP contribution in [0.4, 0.5) is 0 Å². The van der Waals surface area contributed by atoms with Crippen LogP contribution in [0.2, 0.25) is 0 Å². The fourth-order valence-electron chi connectivity index (χ4n) is 5.08. The lowest BCUT2D eigenvalue weighted by Gasteiger charge is -2.31. The number of methoxy groups -OCH3 is 2. The fourth-order valence-corrected chi connectivity index (χ4v) is 5.08. The lowest BCUT2D eigenvalue weighted by molar-refractivity contribution is -0.140. The number of aryl methyl sites for hydroxylation is 1. The number of hydrogen-bond acceptors (Lipinski definition) is 8. The molecule has 5 rings (SSSR count). The van der Waals surface area contributed by atoms with Crippen LogP contribution >= 0.6 is 0 Å². The maximum atomic E-state index is 13.5. The van der Waals surface area contributed by atoms with Crippen molar-refractivity contribution in [3.8, 4) is 11.5 Å². The molecule has 2 aromatic heterocycles. The minimum absolute atomic E-state index is 0.0213. The molecule has 0 bridgehead atoms. The van der Waals surface area contributed by atoms with E-state index in [1.54, 1.807) is 42.8 Å². The minimum atomic E-state index is -0.811. The SMILES string of the molecule is COc1ccc([C@H]2/C(=C(\O)c3c(C)nc4ccccn34)C(=O)C(=O)N2CCN2CCOCC2)cc1OC. The van der Waals surface area contributed by atoms with Crippen LogP contribution in [0.1, 0.15) is 23.0 Å². The van der Waals surface area contributed by atoms with Crippen molar-refractivity contribution < 1.29 is 28.9 Å². The first-order valence-corrected chi connectivity index (χ1v) is 12.2. The number of rotatable bonds is 7. The Hall–Kier alpha value is -3.89. The third-order valence-corrected chi connectivity index (χ3v) is 6.95. The summed E-state index contributed by atoms with van der Waals surface area (Å²) >= 11 is 0. The molecule has 0 spiro atoms. The number of benzene rings is 1. The van der Waals surface area contributed by atoms with Crippen molar-refractivity contribution in [1.29, 1.82) is 0 Å². The molecule has 37 heavy (non-hydrogen) atoms. The van der Waals surface area contributed by atoms with E-state index < -0.39 is 17.7 Å². The predicted octanol–water partition coefficient (Wildman–Crippen LogP) is 2.41. The van der Waals surface area contributed by atoms with Crippen molar-refractivity contribution in [3.63, 3.8) is 0 Å². The van der Waals surface area contributed by atoms with E-state index >= 15 is 0 Å². The molecule has 1 aromatic carbocycles. The normalized spacial score (nSPS) is 20.1. The van der Waals surface area contributed by atoms with E-state index in [2.05, 4.69) is 9.88 Å². The average molecular weight is 507 g/mol. The van der Waals surface area contributed by atoms with E-state index in [1.807, 2.05) is 18.2 Å². The third kappa shape index (κ3) is 4.42. The number of fused-ring (bicyclic) bond motifs is 1. The van der Waals surface area contributed by atoms with E-state index in [1.165, 1.54) is 12.0 Å². The molecule has 1 amide bonds. The van der Waals surface area contributed by atoms with Gasteiger partial charge in [-0.3, -0.25) is 18.9 Å². The summed E-state index contributed by atoms with van der Waals surface area (Å²) in [5.41, 5.74) is 2.21. The molecule has 2 fully saturated rings. The Bertz CT molecular complexity index is 1370. The number of likely N-dealkylation sites (tertiary alicyclic amines) is 1. The van der Waals surface area contributed by atoms with Gasteiger partial charge in [-0.15, -0.1) is 0 Å². The van der Waals surface area contributed by atoms with Crippen molar-refractivity contribution in [2.75, 3.05) is 53.6 Å². The second-order valence-electron chi connectivity index (χ2n) is 9.04. The fraction of sp³-hybridized carbons (Fsp3) is 0.370. The van der Waals surface area contributed by atoms with Gasteiger partial charge in [0.05, 0.1) is 44.7 Å². The highest BCUT2D eigenvalue weighted by Gasteiger charge is 2.46. The minimum Gasteiger partial charge on any atom is -0.505 e. The molecule has 2 aliphatic rings. The summed E-state index contributed by atoms with van der Waals surface area (Å²) in [6.45, 7) is 5.43. The molecule has 10 heteroatoms. The summed E-state index contributed by atoms with van der Waals surface area (Å²) in [6.07, 6.45) is 1.77. The first-order chi connectivity index (χ1) is 17.9. The van der Waals surface area contributed by atoms with Gasteiger partial charge in [0, 0.05) is 32.4 Å². The molecule has 0 unspecified atom stereocenters. The Kier molecular flexibility index (Phi) is 6.86. The first-order valence-electron chi connectivity index (χ1n) is 12.2. The predicted molar refractivity (Wildman–Crippen MR) is 136 cm³/mol. The number of pyridine rings is 1. The number of carbonyl (C=O) groups excluding carboxylic acids is 2. The van der Waals surface area contributed by atoms with Crippen LogP contribution in [0.5, 0.6) is 11.5 Å². The summed E-state index contributed by atoms with van der Waals surface area (Å²) in [5, 5.41) is 11.6. The lowest BCUT2D eigenvalue weighted by Crippen LogP contribution is -2.42. The van der Waals surface area contributed by atoms with E-state index in [4.69, 9.17) is 14.2 Å². The van der Waals surface area contributed by atoms with Crippen LogP contribution in [0.15, 0.2) is 48.2 Å². The van der Waals surface area contributed by atoms with Crippen molar-refractivity contribution in [2.24, 2.45) is 0 Å². The van der Waals surface area contributed by atoms with Crippen LogP contribution in [0, 0.1) is 6.92 Å². The van der Waals surface area contributed by atoms with Gasteiger partial charge in [0.15, 0.2) is 17.3 Å². The zero-order chi connectivity index (χ0) is 26.1. The second-order valence-corrected chi connectivity index (χ2v) is 9.04. The second kappa shape index (κ2) is 10.2. The van der Waals surface area contributed by atoms with Crippen molar-refractivity contribution in [2.45, 2.75) is 13.0 Å². The number of ketones is 1. The highest BCUT2D eigenvalue weighted by atomic mass is 16.5. The number of ether oxygens (including phenoxy) is 3. The highest BCUT2D eigenvalue weighted by molar-refractivity contribution is 6.46. The zero-order valence-electron chi connectivity index (χ0n) is 21.1. The molecule has 2 saturated heterocycles. The molecule has 10 nitrogen and oxygen atoms in total. The Morgan fingerprint density at radius 3 is 2.57 bits per heavy atom. The number of Topliss-reactive ketones (excluding diaryl/α,β-unsaturated/α-hetero) is 1. The van der Waals surface area contributed by atoms with Gasteiger partial charge in [-0.1, -0.05) is 12.1 Å². The average Bonchev–Trinajstić information content (AvgIpc) is 3.39. The Balaban J connectivity index is 1.64. The van der Waals surface area contributed by atoms with Gasteiger partial charge >= 0.3 is 0 Å². The summed E-state index contributed by atoms with van der Waals surface area (Å²) < 4.78 is 18.0. The smallest absolute Gasteiger partial charge is 0.295 e. The van der Waals surface area contributed by atoms with Gasteiger partial charge in [0.2, 0.25) is 0 Å². The van der Waals surface area contributed by atoms with Gasteiger partial charge in [0.25, 0.3) is 11.7 Å². The molecule has 0 aliphatic carbocycles. The largest absolute Gasteiger partial charge is 0.505 e. The van der Waals surface area contributed by atoms with Crippen molar-refractivity contribution in [1.82, 2.24) is 19.2 Å². The molecule has 1 N–H and O–H groups in total. The van der Waals surface area contributed by atoms with Gasteiger partial charge in [0.1, 0.15) is 11.3 Å². The maximum absolute atomic E-state index is 13.5. The zero-order valence-corrected chi connectivity index (χ0v) is 21.1.